The monoisotopic (exact) mass is 593 g/mol. The Labute approximate surface area is 252 Å². The van der Waals surface area contributed by atoms with Gasteiger partial charge in [-0.15, -0.1) is 0 Å². The van der Waals surface area contributed by atoms with Gasteiger partial charge in [0.1, 0.15) is 0 Å². The molecule has 2 fully saturated rings. The summed E-state index contributed by atoms with van der Waals surface area (Å²) < 4.78 is 40.4. The predicted molar refractivity (Wildman–Crippen MR) is 163 cm³/mol. The lowest BCUT2D eigenvalue weighted by Gasteiger charge is -2.50. The van der Waals surface area contributed by atoms with Gasteiger partial charge in [0, 0.05) is 52.1 Å². The van der Waals surface area contributed by atoms with Gasteiger partial charge in [-0.3, -0.25) is 14.5 Å². The standard InChI is InChI=1S/C35H42F3N3O2/c1-24(42)39-18-16-25(17-19-39)22-32(43)41-21-20-40(23-31(41)34(2,3)4)33(27-12-14-28(15-13-27)35(36,37)38)30-11-7-9-26-8-5-6-10-29(26)30/h5-15,25,31,33H,16-23H2,1-4H3/t31-,33?/m1/s1. The molecule has 8 heteroatoms. The molecule has 0 N–H and O–H groups in total. The molecule has 43 heavy (non-hydrogen) atoms. The van der Waals surface area contributed by atoms with Crippen molar-refractivity contribution in [3.8, 4) is 0 Å². The van der Waals surface area contributed by atoms with E-state index in [0.717, 1.165) is 34.7 Å². The molecule has 3 aromatic carbocycles. The topological polar surface area (TPSA) is 43.9 Å². The highest BCUT2D eigenvalue weighted by Crippen LogP contribution is 2.39. The van der Waals surface area contributed by atoms with E-state index in [1.54, 1.807) is 19.1 Å². The number of fused-ring (bicyclic) bond motifs is 1. The van der Waals surface area contributed by atoms with Crippen LogP contribution in [0.5, 0.6) is 0 Å². The summed E-state index contributed by atoms with van der Waals surface area (Å²) in [5, 5.41) is 2.14. The van der Waals surface area contributed by atoms with Crippen LogP contribution in [0, 0.1) is 11.3 Å². The number of hydrogen-bond acceptors (Lipinski definition) is 3. The van der Waals surface area contributed by atoms with Gasteiger partial charge in [-0.2, -0.15) is 13.2 Å². The number of piperidine rings is 1. The molecule has 230 valence electrons. The summed E-state index contributed by atoms with van der Waals surface area (Å²) in [4.78, 5) is 31.8. The molecule has 2 atom stereocenters. The highest BCUT2D eigenvalue weighted by atomic mass is 19.4. The Kier molecular flexibility index (Phi) is 8.89. The van der Waals surface area contributed by atoms with Crippen LogP contribution < -0.4 is 0 Å². The van der Waals surface area contributed by atoms with Gasteiger partial charge in [-0.1, -0.05) is 75.4 Å². The zero-order valence-electron chi connectivity index (χ0n) is 25.5. The Balaban J connectivity index is 1.44. The van der Waals surface area contributed by atoms with Gasteiger partial charge >= 0.3 is 6.18 Å². The van der Waals surface area contributed by atoms with Crippen molar-refractivity contribution in [2.75, 3.05) is 32.7 Å². The summed E-state index contributed by atoms with van der Waals surface area (Å²) in [6, 6.07) is 19.4. The summed E-state index contributed by atoms with van der Waals surface area (Å²) in [7, 11) is 0. The van der Waals surface area contributed by atoms with E-state index < -0.39 is 11.7 Å². The lowest BCUT2D eigenvalue weighted by atomic mass is 9.82. The van der Waals surface area contributed by atoms with Crippen LogP contribution in [-0.4, -0.2) is 65.3 Å². The van der Waals surface area contributed by atoms with Crippen LogP contribution in [0.15, 0.2) is 66.7 Å². The van der Waals surface area contributed by atoms with Crippen molar-refractivity contribution in [2.45, 2.75) is 65.2 Å². The van der Waals surface area contributed by atoms with Crippen molar-refractivity contribution in [1.29, 1.82) is 0 Å². The van der Waals surface area contributed by atoms with Gasteiger partial charge in [0.05, 0.1) is 11.6 Å². The molecule has 2 aliphatic heterocycles. The molecule has 2 saturated heterocycles. The fourth-order valence-electron chi connectivity index (χ4n) is 6.82. The van der Waals surface area contributed by atoms with Crippen LogP contribution in [0.1, 0.15) is 69.7 Å². The second kappa shape index (κ2) is 12.3. The summed E-state index contributed by atoms with van der Waals surface area (Å²) in [6.45, 7) is 11.2. The summed E-state index contributed by atoms with van der Waals surface area (Å²) in [6.07, 6.45) is -2.26. The Bertz CT molecular complexity index is 1430. The molecule has 0 bridgehead atoms. The lowest BCUT2D eigenvalue weighted by molar-refractivity contribution is -0.141. The Morgan fingerprint density at radius 1 is 0.860 bits per heavy atom. The van der Waals surface area contributed by atoms with Gasteiger partial charge in [0.2, 0.25) is 11.8 Å². The van der Waals surface area contributed by atoms with Crippen LogP contribution in [0.4, 0.5) is 13.2 Å². The second-order valence-corrected chi connectivity index (χ2v) is 13.2. The third-order valence-corrected chi connectivity index (χ3v) is 9.29. The van der Waals surface area contributed by atoms with Crippen molar-refractivity contribution in [1.82, 2.24) is 14.7 Å². The normalized spacial score (nSPS) is 19.9. The van der Waals surface area contributed by atoms with Crippen molar-refractivity contribution in [3.63, 3.8) is 0 Å². The molecule has 0 saturated carbocycles. The van der Waals surface area contributed by atoms with E-state index in [1.165, 1.54) is 12.1 Å². The van der Waals surface area contributed by atoms with Crippen molar-refractivity contribution >= 4 is 22.6 Å². The fourth-order valence-corrected chi connectivity index (χ4v) is 6.82. The number of nitrogens with zero attached hydrogens (tertiary/aromatic N) is 3. The SMILES string of the molecule is CC(=O)N1CCC(CC(=O)N2CCN(C(c3ccc(C(F)(F)F)cc3)c3cccc4ccccc34)C[C@@H]2C(C)(C)C)CC1. The first-order valence-electron chi connectivity index (χ1n) is 15.3. The number of likely N-dealkylation sites (tertiary alicyclic amines) is 1. The van der Waals surface area contributed by atoms with Crippen molar-refractivity contribution < 1.29 is 22.8 Å². The van der Waals surface area contributed by atoms with Gasteiger partial charge in [-0.25, -0.2) is 0 Å². The first-order valence-corrected chi connectivity index (χ1v) is 15.3. The number of rotatable bonds is 5. The number of piperazine rings is 1. The molecule has 0 aliphatic carbocycles. The largest absolute Gasteiger partial charge is 0.416 e. The summed E-state index contributed by atoms with van der Waals surface area (Å²) in [5.41, 5.74) is 0.969. The minimum atomic E-state index is -4.40. The number of carbonyl (C=O) groups excluding carboxylic acids is 2. The first-order chi connectivity index (χ1) is 20.3. The summed E-state index contributed by atoms with van der Waals surface area (Å²) in [5.74, 6) is 0.497. The molecule has 0 spiro atoms. The Morgan fingerprint density at radius 3 is 2.14 bits per heavy atom. The third kappa shape index (κ3) is 6.90. The van der Waals surface area contributed by atoms with E-state index in [-0.39, 0.29) is 35.2 Å². The fraction of sp³-hybridized carbons (Fsp3) is 0.486. The van der Waals surface area contributed by atoms with Gasteiger partial charge in [0.15, 0.2) is 0 Å². The van der Waals surface area contributed by atoms with Crippen molar-refractivity contribution in [3.05, 3.63) is 83.4 Å². The quantitative estimate of drug-likeness (QED) is 0.316. The number of amides is 2. The van der Waals surface area contributed by atoms with E-state index >= 15 is 0 Å². The van der Waals surface area contributed by atoms with Crippen LogP contribution in [0.25, 0.3) is 10.8 Å². The maximum atomic E-state index is 13.8. The van der Waals surface area contributed by atoms with E-state index in [1.807, 2.05) is 28.0 Å². The molecule has 0 radical (unpaired) electrons. The van der Waals surface area contributed by atoms with Gasteiger partial charge in [-0.05, 0) is 58.2 Å². The smallest absolute Gasteiger partial charge is 0.343 e. The Morgan fingerprint density at radius 2 is 1.51 bits per heavy atom. The van der Waals surface area contributed by atoms with E-state index in [9.17, 15) is 22.8 Å². The minimum Gasteiger partial charge on any atom is -0.343 e. The molecule has 2 aliphatic rings. The number of carbonyl (C=O) groups is 2. The van der Waals surface area contributed by atoms with Gasteiger partial charge < -0.3 is 9.80 Å². The molecule has 1 unspecified atom stereocenters. The summed E-state index contributed by atoms with van der Waals surface area (Å²) >= 11 is 0. The minimum absolute atomic E-state index is 0.0713. The van der Waals surface area contributed by atoms with E-state index in [0.29, 0.717) is 39.1 Å². The molecule has 5 rings (SSSR count). The maximum absolute atomic E-state index is 13.8. The van der Waals surface area contributed by atoms with Gasteiger partial charge in [0.25, 0.3) is 0 Å². The van der Waals surface area contributed by atoms with E-state index in [2.05, 4.69) is 49.9 Å². The molecule has 2 heterocycles. The van der Waals surface area contributed by atoms with Crippen molar-refractivity contribution in [2.24, 2.45) is 11.3 Å². The molecule has 2 amide bonds. The highest BCUT2D eigenvalue weighted by Gasteiger charge is 2.41. The van der Waals surface area contributed by atoms with Crippen LogP contribution in [-0.2, 0) is 15.8 Å². The average molecular weight is 594 g/mol. The molecule has 3 aromatic rings. The average Bonchev–Trinajstić information content (AvgIpc) is 2.97. The molecule has 5 nitrogen and oxygen atoms in total. The molecular weight excluding hydrogens is 551 g/mol. The number of hydrogen-bond donors (Lipinski definition) is 0. The second-order valence-electron chi connectivity index (χ2n) is 13.2. The predicted octanol–water partition coefficient (Wildman–Crippen LogP) is 7.16. The van der Waals surface area contributed by atoms with Crippen LogP contribution in [0.3, 0.4) is 0 Å². The van der Waals surface area contributed by atoms with Crippen LogP contribution in [0.2, 0.25) is 0 Å². The van der Waals surface area contributed by atoms with Crippen LogP contribution >= 0.6 is 0 Å². The zero-order valence-corrected chi connectivity index (χ0v) is 25.5. The lowest BCUT2D eigenvalue weighted by Crippen LogP contribution is -2.60. The molecule has 0 aromatic heterocycles. The number of alkyl halides is 3. The zero-order chi connectivity index (χ0) is 30.9. The Hall–Kier alpha value is -3.39. The number of halogens is 3. The highest BCUT2D eigenvalue weighted by molar-refractivity contribution is 5.86. The molecular formula is C35H42F3N3O2. The van der Waals surface area contributed by atoms with E-state index in [4.69, 9.17) is 0 Å². The third-order valence-electron chi connectivity index (χ3n) is 9.29. The number of benzene rings is 3. The first kappa shape index (κ1) is 31.0. The maximum Gasteiger partial charge on any atom is 0.416 e.